The van der Waals surface area contributed by atoms with Gasteiger partial charge in [-0.3, -0.25) is 9.78 Å². The van der Waals surface area contributed by atoms with Crippen LogP contribution in [0.25, 0.3) is 0 Å². The van der Waals surface area contributed by atoms with Gasteiger partial charge in [-0.2, -0.15) is 13.2 Å². The second kappa shape index (κ2) is 13.1. The molecule has 1 atom stereocenters. The maximum atomic E-state index is 15.5. The number of nitrogens with zero attached hydrogens (tertiary/aromatic N) is 3. The molecule has 0 radical (unpaired) electrons. The molecule has 0 spiro atoms. The van der Waals surface area contributed by atoms with Crippen molar-refractivity contribution in [3.8, 4) is 11.6 Å². The third-order valence-corrected chi connectivity index (χ3v) is 7.53. The number of aliphatic hydroxyl groups excluding tert-OH is 1. The molecule has 1 aromatic carbocycles. The van der Waals surface area contributed by atoms with Gasteiger partial charge in [0.05, 0.1) is 18.4 Å². The molecule has 1 saturated carbocycles. The Morgan fingerprint density at radius 2 is 1.77 bits per heavy atom. The number of carbonyl (C=O) groups is 2. The Balaban J connectivity index is 1.74. The zero-order chi connectivity index (χ0) is 31.5. The van der Waals surface area contributed by atoms with Gasteiger partial charge in [-0.15, -0.1) is 0 Å². The average molecular weight is 604 g/mol. The third-order valence-electron chi connectivity index (χ3n) is 7.53. The number of rotatable bonds is 8. The molecular weight excluding hydrogens is 570 g/mol. The van der Waals surface area contributed by atoms with Crippen molar-refractivity contribution in [2.24, 2.45) is 11.8 Å². The van der Waals surface area contributed by atoms with Crippen LogP contribution in [0.15, 0.2) is 48.9 Å². The highest BCUT2D eigenvalue weighted by molar-refractivity contribution is 6.04. The Hall–Kier alpha value is -4.06. The predicted molar refractivity (Wildman–Crippen MR) is 149 cm³/mol. The first kappa shape index (κ1) is 31.9. The number of methoxy groups -OCH3 is 1. The van der Waals surface area contributed by atoms with Crippen LogP contribution in [0.4, 0.5) is 23.2 Å². The van der Waals surface area contributed by atoms with Crippen LogP contribution in [-0.4, -0.2) is 40.1 Å². The molecule has 4 rings (SSSR count). The molecule has 1 N–H and O–H groups in total. The van der Waals surface area contributed by atoms with E-state index < -0.39 is 47.3 Å². The van der Waals surface area contributed by atoms with Crippen molar-refractivity contribution in [2.45, 2.75) is 64.8 Å². The number of anilines is 1. The molecule has 1 unspecified atom stereocenters. The van der Waals surface area contributed by atoms with E-state index in [4.69, 9.17) is 9.47 Å². The standard InChI is InChI=1S/C31H33F4N3O5/c1-17(2)38(29(40)19-9-7-18(3)8-10-19)25-14-24(32)26(13-22(25)30(41)42-4)43-28-23(31(33,34)35)12-21(16-37-28)27(39)20-6-5-11-36-15-20/h5-6,11-19,27,39H,7-10H2,1-4H3/t18-,19-,27?. The van der Waals surface area contributed by atoms with Crippen molar-refractivity contribution in [2.75, 3.05) is 12.0 Å². The minimum absolute atomic E-state index is 0.0748. The number of carbonyl (C=O) groups excluding carboxylic acids is 2. The summed E-state index contributed by atoms with van der Waals surface area (Å²) in [7, 11) is 1.09. The van der Waals surface area contributed by atoms with Gasteiger partial charge in [0, 0.05) is 53.8 Å². The fourth-order valence-corrected chi connectivity index (χ4v) is 5.19. The van der Waals surface area contributed by atoms with Crippen molar-refractivity contribution >= 4 is 17.6 Å². The van der Waals surface area contributed by atoms with E-state index in [1.54, 1.807) is 13.8 Å². The van der Waals surface area contributed by atoms with Gasteiger partial charge in [0.25, 0.3) is 0 Å². The summed E-state index contributed by atoms with van der Waals surface area (Å²) in [6.45, 7) is 5.54. The van der Waals surface area contributed by atoms with Crippen molar-refractivity contribution in [1.82, 2.24) is 9.97 Å². The topological polar surface area (TPSA) is 102 Å². The monoisotopic (exact) mass is 603 g/mol. The molecule has 43 heavy (non-hydrogen) atoms. The summed E-state index contributed by atoms with van der Waals surface area (Å²) in [5.41, 5.74) is -1.66. The van der Waals surface area contributed by atoms with E-state index in [9.17, 15) is 27.9 Å². The van der Waals surface area contributed by atoms with Crippen LogP contribution in [-0.2, 0) is 15.7 Å². The second-order valence-corrected chi connectivity index (χ2v) is 11.0. The summed E-state index contributed by atoms with van der Waals surface area (Å²) in [4.78, 5) is 35.4. The summed E-state index contributed by atoms with van der Waals surface area (Å²) >= 11 is 0. The van der Waals surface area contributed by atoms with Crippen LogP contribution in [0.5, 0.6) is 11.6 Å². The number of aromatic nitrogens is 2. The molecule has 1 amide bonds. The summed E-state index contributed by atoms with van der Waals surface area (Å²) in [6.07, 6.45) is 0.280. The number of halogens is 4. The van der Waals surface area contributed by atoms with Gasteiger partial charge < -0.3 is 19.5 Å². The number of esters is 1. The average Bonchev–Trinajstić information content (AvgIpc) is 2.98. The fourth-order valence-electron chi connectivity index (χ4n) is 5.19. The highest BCUT2D eigenvalue weighted by Gasteiger charge is 2.38. The summed E-state index contributed by atoms with van der Waals surface area (Å²) in [5, 5.41) is 10.6. The molecule has 1 aliphatic rings. The minimum Gasteiger partial charge on any atom is -0.465 e. The third kappa shape index (κ3) is 7.12. The molecule has 2 heterocycles. The first-order valence-electron chi connectivity index (χ1n) is 13.9. The number of alkyl halides is 3. The van der Waals surface area contributed by atoms with E-state index in [2.05, 4.69) is 16.9 Å². The molecule has 2 aromatic heterocycles. The van der Waals surface area contributed by atoms with Crippen LogP contribution in [0, 0.1) is 17.7 Å². The maximum absolute atomic E-state index is 15.5. The van der Waals surface area contributed by atoms with Crippen molar-refractivity contribution in [1.29, 1.82) is 0 Å². The Labute approximate surface area is 246 Å². The first-order valence-corrected chi connectivity index (χ1v) is 13.9. The molecule has 230 valence electrons. The SMILES string of the molecule is COC(=O)c1cc(Oc2ncc(C(O)c3cccnc3)cc2C(F)(F)F)c(F)cc1N(C(=O)[C@H]1CC[C@H](C)CC1)C(C)C. The van der Waals surface area contributed by atoms with Gasteiger partial charge in [-0.25, -0.2) is 14.2 Å². The number of hydrogen-bond donors (Lipinski definition) is 1. The molecule has 0 saturated heterocycles. The Morgan fingerprint density at radius 3 is 2.35 bits per heavy atom. The number of ether oxygens (including phenoxy) is 2. The van der Waals surface area contributed by atoms with E-state index in [1.165, 1.54) is 29.4 Å². The smallest absolute Gasteiger partial charge is 0.421 e. The van der Waals surface area contributed by atoms with Crippen molar-refractivity contribution in [3.05, 3.63) is 77.0 Å². The fraction of sp³-hybridized carbons (Fsp3) is 0.419. The minimum atomic E-state index is -4.99. The lowest BCUT2D eigenvalue weighted by Gasteiger charge is -2.34. The zero-order valence-electron chi connectivity index (χ0n) is 24.2. The summed E-state index contributed by atoms with van der Waals surface area (Å²) in [5.74, 6) is -3.89. The number of amides is 1. The van der Waals surface area contributed by atoms with Crippen molar-refractivity contribution < 1.29 is 41.7 Å². The highest BCUT2D eigenvalue weighted by atomic mass is 19.4. The number of pyridine rings is 2. The second-order valence-electron chi connectivity index (χ2n) is 11.0. The zero-order valence-corrected chi connectivity index (χ0v) is 24.2. The van der Waals surface area contributed by atoms with Gasteiger partial charge in [-0.05, 0) is 57.6 Å². The molecule has 1 fully saturated rings. The van der Waals surface area contributed by atoms with Gasteiger partial charge in [-0.1, -0.05) is 13.0 Å². The summed E-state index contributed by atoms with van der Waals surface area (Å²) in [6, 6.07) is 4.97. The molecule has 3 aromatic rings. The number of benzene rings is 1. The number of aliphatic hydroxyl groups is 1. The quantitative estimate of drug-likeness (QED) is 0.222. The van der Waals surface area contributed by atoms with Gasteiger partial charge in [0.1, 0.15) is 11.7 Å². The van der Waals surface area contributed by atoms with Gasteiger partial charge in [0.15, 0.2) is 11.6 Å². The van der Waals surface area contributed by atoms with Crippen LogP contribution in [0.2, 0.25) is 0 Å². The molecule has 0 aliphatic heterocycles. The van der Waals surface area contributed by atoms with Crippen LogP contribution in [0.3, 0.4) is 0 Å². The van der Waals surface area contributed by atoms with Crippen LogP contribution < -0.4 is 9.64 Å². The molecule has 0 bridgehead atoms. The summed E-state index contributed by atoms with van der Waals surface area (Å²) < 4.78 is 68.0. The molecule has 1 aliphatic carbocycles. The predicted octanol–water partition coefficient (Wildman–Crippen LogP) is 6.86. The largest absolute Gasteiger partial charge is 0.465 e. The Morgan fingerprint density at radius 1 is 1.07 bits per heavy atom. The van der Waals surface area contributed by atoms with Crippen LogP contribution in [0.1, 0.15) is 79.6 Å². The van der Waals surface area contributed by atoms with Crippen molar-refractivity contribution in [3.63, 3.8) is 0 Å². The van der Waals surface area contributed by atoms with Gasteiger partial charge in [0.2, 0.25) is 11.8 Å². The Bertz CT molecular complexity index is 1460. The lowest BCUT2D eigenvalue weighted by atomic mass is 9.82. The number of hydrogen-bond acceptors (Lipinski definition) is 7. The van der Waals surface area contributed by atoms with Gasteiger partial charge >= 0.3 is 12.1 Å². The lowest BCUT2D eigenvalue weighted by molar-refractivity contribution is -0.139. The molecule has 8 nitrogen and oxygen atoms in total. The van der Waals surface area contributed by atoms with Crippen LogP contribution >= 0.6 is 0 Å². The van der Waals surface area contributed by atoms with E-state index in [0.29, 0.717) is 24.8 Å². The normalized spacial score (nSPS) is 17.8. The maximum Gasteiger partial charge on any atom is 0.421 e. The van der Waals surface area contributed by atoms with E-state index in [1.807, 2.05) is 0 Å². The molecular formula is C31H33F4N3O5. The lowest BCUT2D eigenvalue weighted by Crippen LogP contribution is -2.43. The Kier molecular flexibility index (Phi) is 9.69. The highest BCUT2D eigenvalue weighted by Crippen LogP contribution is 2.41. The van der Waals surface area contributed by atoms with E-state index >= 15 is 4.39 Å². The molecule has 12 heteroatoms. The van der Waals surface area contributed by atoms with E-state index in [0.717, 1.165) is 38.3 Å². The van der Waals surface area contributed by atoms with E-state index in [-0.39, 0.29) is 34.2 Å². The first-order chi connectivity index (χ1) is 20.3.